The number of aliphatic hydroxyl groups excluding tert-OH is 1. The molecule has 1 aliphatic heterocycles. The maximum absolute atomic E-state index is 12.1. The molecule has 1 fully saturated rings. The molecule has 0 radical (unpaired) electrons. The summed E-state index contributed by atoms with van der Waals surface area (Å²) in [4.78, 5) is 34.5. The van der Waals surface area contributed by atoms with Crippen LogP contribution in [0.1, 0.15) is 18.2 Å². The van der Waals surface area contributed by atoms with Crippen LogP contribution in [0, 0.1) is 0 Å². The van der Waals surface area contributed by atoms with Crippen LogP contribution < -0.4 is 11.3 Å². The van der Waals surface area contributed by atoms with Gasteiger partial charge in [-0.05, 0) is 17.7 Å². The Morgan fingerprint density at radius 2 is 2.17 bits per heavy atom. The van der Waals surface area contributed by atoms with E-state index >= 15 is 0 Å². The van der Waals surface area contributed by atoms with E-state index in [9.17, 15) is 14.7 Å². The van der Waals surface area contributed by atoms with Crippen molar-refractivity contribution in [3.63, 3.8) is 0 Å². The number of nitrogens with zero attached hydrogens (tertiary/aromatic N) is 3. The van der Waals surface area contributed by atoms with Gasteiger partial charge in [0.05, 0.1) is 18.9 Å². The second-order valence-corrected chi connectivity index (χ2v) is 7.61. The molecule has 0 spiro atoms. The number of benzene rings is 1. The Hall–Kier alpha value is -2.76. The number of rotatable bonds is 5. The van der Waals surface area contributed by atoms with E-state index in [4.69, 9.17) is 15.2 Å². The van der Waals surface area contributed by atoms with Crippen LogP contribution >= 0.6 is 15.9 Å². The smallest absolute Gasteiger partial charge is 0.310 e. The van der Waals surface area contributed by atoms with Crippen molar-refractivity contribution in [2.45, 2.75) is 31.3 Å². The highest BCUT2D eigenvalue weighted by atomic mass is 79.9. The van der Waals surface area contributed by atoms with Crippen LogP contribution in [0.3, 0.4) is 0 Å². The molecule has 3 atom stereocenters. The molecule has 1 saturated heterocycles. The molecule has 0 amide bonds. The largest absolute Gasteiger partial charge is 0.463 e. The normalized spacial score (nSPS) is 21.5. The SMILES string of the molecule is Nc1nc2c(ncn2[C@H]2C[C@H](O)[C@@H](COC(=O)Cc3ccc(Br)cc3)O2)c(=O)[nH]1. The van der Waals surface area contributed by atoms with Gasteiger partial charge in [0.15, 0.2) is 11.2 Å². The van der Waals surface area contributed by atoms with Crippen LogP contribution in [-0.2, 0) is 20.7 Å². The molecule has 0 saturated carbocycles. The number of hydrogen-bond donors (Lipinski definition) is 3. The van der Waals surface area contributed by atoms with Crippen LogP contribution in [0.25, 0.3) is 11.2 Å². The Bertz CT molecular complexity index is 1100. The van der Waals surface area contributed by atoms with Gasteiger partial charge in [0.1, 0.15) is 18.9 Å². The van der Waals surface area contributed by atoms with E-state index in [1.165, 1.54) is 10.9 Å². The number of aliphatic hydroxyl groups is 1. The van der Waals surface area contributed by atoms with Crippen molar-refractivity contribution in [2.75, 3.05) is 12.3 Å². The third-order valence-corrected chi connectivity index (χ3v) is 5.16. The van der Waals surface area contributed by atoms with Crippen molar-refractivity contribution in [2.24, 2.45) is 0 Å². The molecule has 3 heterocycles. The third kappa shape index (κ3) is 4.16. The molecule has 4 N–H and O–H groups in total. The summed E-state index contributed by atoms with van der Waals surface area (Å²) in [7, 11) is 0. The summed E-state index contributed by atoms with van der Waals surface area (Å²) in [6.07, 6.45) is -0.403. The Labute approximate surface area is 172 Å². The minimum atomic E-state index is -0.850. The quantitative estimate of drug-likeness (QED) is 0.473. The van der Waals surface area contributed by atoms with E-state index in [1.807, 2.05) is 24.3 Å². The zero-order chi connectivity index (χ0) is 20.5. The van der Waals surface area contributed by atoms with Crippen molar-refractivity contribution in [3.8, 4) is 0 Å². The number of imidazole rings is 1. The molecule has 10 nitrogen and oxygen atoms in total. The van der Waals surface area contributed by atoms with Gasteiger partial charge >= 0.3 is 5.97 Å². The summed E-state index contributed by atoms with van der Waals surface area (Å²) in [5.41, 5.74) is 6.35. The molecule has 3 aromatic rings. The standard InChI is InChI=1S/C18H18BrN5O5/c19-10-3-1-9(2-4-10)5-14(26)28-7-12-11(25)6-13(29-12)24-8-21-15-16(24)22-18(20)23-17(15)27/h1-4,8,11-13,25H,5-7H2,(H3,20,22,23,27)/t11-,12+,13+/m0/s1. The van der Waals surface area contributed by atoms with Crippen molar-refractivity contribution in [3.05, 3.63) is 51.0 Å². The molecular weight excluding hydrogens is 446 g/mol. The molecule has 0 bridgehead atoms. The van der Waals surface area contributed by atoms with Crippen molar-refractivity contribution in [1.29, 1.82) is 0 Å². The van der Waals surface area contributed by atoms with Crippen molar-refractivity contribution < 1.29 is 19.4 Å². The number of H-pyrrole nitrogens is 1. The monoisotopic (exact) mass is 463 g/mol. The lowest BCUT2D eigenvalue weighted by Gasteiger charge is -2.16. The zero-order valence-corrected chi connectivity index (χ0v) is 16.7. The van der Waals surface area contributed by atoms with Gasteiger partial charge in [-0.1, -0.05) is 28.1 Å². The first-order chi connectivity index (χ1) is 13.9. The lowest BCUT2D eigenvalue weighted by atomic mass is 10.1. The van der Waals surface area contributed by atoms with E-state index in [0.29, 0.717) is 0 Å². The number of ether oxygens (including phenoxy) is 2. The average Bonchev–Trinajstić information content (AvgIpc) is 3.25. The lowest BCUT2D eigenvalue weighted by Crippen LogP contribution is -2.28. The number of nitrogen functional groups attached to an aromatic ring is 1. The number of carbonyl (C=O) groups is 1. The molecule has 152 valence electrons. The van der Waals surface area contributed by atoms with Crippen LogP contribution in [0.4, 0.5) is 5.95 Å². The highest BCUT2D eigenvalue weighted by Gasteiger charge is 2.36. The number of esters is 1. The molecule has 1 aromatic carbocycles. The van der Waals surface area contributed by atoms with E-state index in [1.54, 1.807) is 0 Å². The maximum Gasteiger partial charge on any atom is 0.310 e. The summed E-state index contributed by atoms with van der Waals surface area (Å²) in [6, 6.07) is 7.34. The predicted octanol–water partition coefficient (Wildman–Crippen LogP) is 0.899. The molecule has 0 aliphatic carbocycles. The fraction of sp³-hybridized carbons (Fsp3) is 0.333. The lowest BCUT2D eigenvalue weighted by molar-refractivity contribution is -0.149. The highest BCUT2D eigenvalue weighted by Crippen LogP contribution is 2.30. The number of hydrogen-bond acceptors (Lipinski definition) is 8. The van der Waals surface area contributed by atoms with Gasteiger partial charge in [0, 0.05) is 10.9 Å². The van der Waals surface area contributed by atoms with Crippen LogP contribution in [0.15, 0.2) is 39.9 Å². The summed E-state index contributed by atoms with van der Waals surface area (Å²) >= 11 is 3.34. The predicted molar refractivity (Wildman–Crippen MR) is 106 cm³/mol. The summed E-state index contributed by atoms with van der Waals surface area (Å²) in [5.74, 6) is -0.457. The fourth-order valence-electron chi connectivity index (χ4n) is 3.18. The van der Waals surface area contributed by atoms with Gasteiger partial charge in [-0.15, -0.1) is 0 Å². The minimum absolute atomic E-state index is 0.0405. The van der Waals surface area contributed by atoms with Crippen LogP contribution in [0.5, 0.6) is 0 Å². The second kappa shape index (κ2) is 7.93. The Morgan fingerprint density at radius 1 is 1.41 bits per heavy atom. The summed E-state index contributed by atoms with van der Waals surface area (Å²) in [5, 5.41) is 10.3. The molecular formula is C18H18BrN5O5. The first kappa shape index (κ1) is 19.6. The number of anilines is 1. The number of aromatic nitrogens is 4. The first-order valence-corrected chi connectivity index (χ1v) is 9.66. The second-order valence-electron chi connectivity index (χ2n) is 6.69. The summed E-state index contributed by atoms with van der Waals surface area (Å²) < 4.78 is 13.5. The van der Waals surface area contributed by atoms with Crippen LogP contribution in [0.2, 0.25) is 0 Å². The first-order valence-electron chi connectivity index (χ1n) is 8.86. The van der Waals surface area contributed by atoms with Gasteiger partial charge in [0.2, 0.25) is 5.95 Å². The van der Waals surface area contributed by atoms with Crippen molar-refractivity contribution >= 4 is 39.0 Å². The fourth-order valence-corrected chi connectivity index (χ4v) is 3.45. The zero-order valence-electron chi connectivity index (χ0n) is 15.1. The Balaban J connectivity index is 1.39. The van der Waals surface area contributed by atoms with E-state index in [2.05, 4.69) is 30.9 Å². The Kier molecular flexibility index (Phi) is 5.35. The van der Waals surface area contributed by atoms with E-state index in [-0.39, 0.29) is 36.6 Å². The molecule has 0 unspecified atom stereocenters. The van der Waals surface area contributed by atoms with Gasteiger partial charge < -0.3 is 20.3 Å². The topological polar surface area (TPSA) is 145 Å². The molecule has 11 heteroatoms. The maximum atomic E-state index is 12.1. The minimum Gasteiger partial charge on any atom is -0.463 e. The number of fused-ring (bicyclic) bond motifs is 1. The van der Waals surface area contributed by atoms with Crippen molar-refractivity contribution in [1.82, 2.24) is 19.5 Å². The highest BCUT2D eigenvalue weighted by molar-refractivity contribution is 9.10. The number of nitrogens with one attached hydrogen (secondary N) is 1. The van der Waals surface area contributed by atoms with Gasteiger partial charge in [-0.2, -0.15) is 4.98 Å². The number of halogens is 1. The van der Waals surface area contributed by atoms with Gasteiger partial charge in [0.25, 0.3) is 5.56 Å². The van der Waals surface area contributed by atoms with Gasteiger partial charge in [-0.25, -0.2) is 4.98 Å². The van der Waals surface area contributed by atoms with E-state index < -0.39 is 30.0 Å². The Morgan fingerprint density at radius 3 is 2.93 bits per heavy atom. The third-order valence-electron chi connectivity index (χ3n) is 4.64. The van der Waals surface area contributed by atoms with E-state index in [0.717, 1.165) is 10.0 Å². The average molecular weight is 464 g/mol. The number of nitrogens with two attached hydrogens (primary N) is 1. The molecule has 29 heavy (non-hydrogen) atoms. The van der Waals surface area contributed by atoms with Gasteiger partial charge in [-0.3, -0.25) is 19.1 Å². The summed E-state index contributed by atoms with van der Waals surface area (Å²) in [6.45, 7) is -0.0875. The number of aromatic amines is 1. The molecule has 4 rings (SSSR count). The van der Waals surface area contributed by atoms with Crippen LogP contribution in [-0.4, -0.2) is 49.4 Å². The number of carbonyl (C=O) groups excluding carboxylic acids is 1. The molecule has 1 aliphatic rings. The molecule has 2 aromatic heterocycles.